The lowest BCUT2D eigenvalue weighted by atomic mass is 10.1. The second-order valence-corrected chi connectivity index (χ2v) is 6.49. The topological polar surface area (TPSA) is 70.7 Å². The molecule has 2 fully saturated rings. The summed E-state index contributed by atoms with van der Waals surface area (Å²) in [6.07, 6.45) is 6.32. The molecule has 134 valence electrons. The Bertz CT molecular complexity index is 655. The van der Waals surface area contributed by atoms with Gasteiger partial charge < -0.3 is 15.4 Å². The molecular formula is C19H25N3O3. The summed E-state index contributed by atoms with van der Waals surface area (Å²) in [5, 5.41) is 5.82. The normalized spacial score (nSPS) is 21.2. The van der Waals surface area contributed by atoms with Crippen molar-refractivity contribution in [2.24, 2.45) is 0 Å². The van der Waals surface area contributed by atoms with Gasteiger partial charge >= 0.3 is 0 Å². The van der Waals surface area contributed by atoms with Gasteiger partial charge in [0, 0.05) is 31.2 Å². The zero-order chi connectivity index (χ0) is 17.6. The van der Waals surface area contributed by atoms with Crippen LogP contribution in [0.15, 0.2) is 30.3 Å². The number of ether oxygens (including phenoxy) is 1. The number of piperazine rings is 1. The Morgan fingerprint density at radius 2 is 2.20 bits per heavy atom. The van der Waals surface area contributed by atoms with Crippen LogP contribution in [0.25, 0.3) is 6.08 Å². The predicted octanol–water partition coefficient (Wildman–Crippen LogP) is 1.18. The van der Waals surface area contributed by atoms with Gasteiger partial charge in [-0.1, -0.05) is 30.4 Å². The fourth-order valence-electron chi connectivity index (χ4n) is 3.01. The largest absolute Gasteiger partial charge is 0.496 e. The van der Waals surface area contributed by atoms with Crippen molar-refractivity contribution in [3.05, 3.63) is 35.9 Å². The molecule has 1 aliphatic carbocycles. The van der Waals surface area contributed by atoms with E-state index in [1.54, 1.807) is 7.11 Å². The van der Waals surface area contributed by atoms with Crippen molar-refractivity contribution in [3.63, 3.8) is 0 Å². The van der Waals surface area contributed by atoms with Crippen LogP contribution in [0.1, 0.15) is 24.8 Å². The van der Waals surface area contributed by atoms with Crippen molar-refractivity contribution in [3.8, 4) is 5.75 Å². The molecular weight excluding hydrogens is 318 g/mol. The third-order valence-electron chi connectivity index (χ3n) is 4.54. The number of nitrogens with one attached hydrogen (secondary N) is 2. The molecule has 2 N–H and O–H groups in total. The van der Waals surface area contributed by atoms with Crippen LogP contribution in [0.3, 0.4) is 0 Å². The molecule has 2 aliphatic rings. The summed E-state index contributed by atoms with van der Waals surface area (Å²) in [4.78, 5) is 26.3. The van der Waals surface area contributed by atoms with Gasteiger partial charge in [-0.2, -0.15) is 0 Å². The van der Waals surface area contributed by atoms with E-state index >= 15 is 0 Å². The Kier molecular flexibility index (Phi) is 5.71. The third kappa shape index (κ3) is 4.82. The quantitative estimate of drug-likeness (QED) is 0.780. The minimum absolute atomic E-state index is 0.0386. The molecule has 6 nitrogen and oxygen atoms in total. The molecule has 1 saturated heterocycles. The number of nitrogens with zero attached hydrogens (tertiary/aromatic N) is 1. The molecule has 1 saturated carbocycles. The van der Waals surface area contributed by atoms with Crippen molar-refractivity contribution in [1.29, 1.82) is 0 Å². The Morgan fingerprint density at radius 3 is 2.96 bits per heavy atom. The van der Waals surface area contributed by atoms with Gasteiger partial charge in [0.1, 0.15) is 5.75 Å². The maximum Gasteiger partial charge on any atom is 0.237 e. The number of hydrogen-bond donors (Lipinski definition) is 2. The first kappa shape index (κ1) is 17.5. The number of carbonyl (C=O) groups excluding carboxylic acids is 2. The van der Waals surface area contributed by atoms with Crippen LogP contribution in [0.4, 0.5) is 0 Å². The van der Waals surface area contributed by atoms with Crippen LogP contribution < -0.4 is 15.4 Å². The van der Waals surface area contributed by atoms with Gasteiger partial charge in [0.25, 0.3) is 0 Å². The average Bonchev–Trinajstić information content (AvgIpc) is 3.42. The van der Waals surface area contributed by atoms with E-state index < -0.39 is 6.04 Å². The van der Waals surface area contributed by atoms with Crippen LogP contribution in [-0.4, -0.2) is 55.5 Å². The molecule has 1 heterocycles. The van der Waals surface area contributed by atoms with E-state index in [9.17, 15) is 9.59 Å². The molecule has 0 radical (unpaired) electrons. The van der Waals surface area contributed by atoms with Gasteiger partial charge in [-0.25, -0.2) is 0 Å². The first-order valence-electron chi connectivity index (χ1n) is 8.78. The van der Waals surface area contributed by atoms with E-state index in [0.29, 0.717) is 19.1 Å². The molecule has 0 unspecified atom stereocenters. The minimum atomic E-state index is -0.408. The summed E-state index contributed by atoms with van der Waals surface area (Å²) in [5.41, 5.74) is 0.995. The van der Waals surface area contributed by atoms with Crippen LogP contribution in [0.5, 0.6) is 5.75 Å². The fourth-order valence-corrected chi connectivity index (χ4v) is 3.01. The van der Waals surface area contributed by atoms with Crippen LogP contribution >= 0.6 is 0 Å². The summed E-state index contributed by atoms with van der Waals surface area (Å²) in [6.45, 7) is 1.97. The number of amides is 2. The van der Waals surface area contributed by atoms with Gasteiger partial charge in [0.05, 0.1) is 19.6 Å². The first-order chi connectivity index (χ1) is 12.2. The Morgan fingerprint density at radius 1 is 1.40 bits per heavy atom. The SMILES string of the molecule is COc1ccccc1/C=C/CN1CCNC(=O)[C@@H]1CC(=O)NC1CC1. The van der Waals surface area contributed by atoms with E-state index in [1.165, 1.54) is 0 Å². The third-order valence-corrected chi connectivity index (χ3v) is 4.54. The lowest BCUT2D eigenvalue weighted by Gasteiger charge is -2.33. The van der Waals surface area contributed by atoms with Crippen LogP contribution in [-0.2, 0) is 9.59 Å². The van der Waals surface area contributed by atoms with Crippen LogP contribution in [0, 0.1) is 0 Å². The summed E-state index contributed by atoms with van der Waals surface area (Å²) in [7, 11) is 1.65. The molecule has 2 amide bonds. The molecule has 1 aromatic rings. The summed E-state index contributed by atoms with van der Waals surface area (Å²) < 4.78 is 5.34. The molecule has 0 spiro atoms. The number of rotatable bonds is 7. The van der Waals surface area contributed by atoms with Gasteiger partial charge in [-0.05, 0) is 18.9 Å². The Labute approximate surface area is 148 Å². The maximum atomic E-state index is 12.2. The molecule has 25 heavy (non-hydrogen) atoms. The number of carbonyl (C=O) groups is 2. The molecule has 0 bridgehead atoms. The molecule has 0 aromatic heterocycles. The maximum absolute atomic E-state index is 12.2. The van der Waals surface area contributed by atoms with Gasteiger partial charge in [-0.3, -0.25) is 14.5 Å². The number of para-hydroxylation sites is 1. The highest BCUT2D eigenvalue weighted by Gasteiger charge is 2.32. The van der Waals surface area contributed by atoms with Crippen molar-refractivity contribution in [2.75, 3.05) is 26.7 Å². The van der Waals surface area contributed by atoms with Gasteiger partial charge in [0.2, 0.25) is 11.8 Å². The summed E-state index contributed by atoms with van der Waals surface area (Å²) in [6, 6.07) is 7.70. The van der Waals surface area contributed by atoms with Crippen molar-refractivity contribution >= 4 is 17.9 Å². The zero-order valence-corrected chi connectivity index (χ0v) is 14.5. The van der Waals surface area contributed by atoms with E-state index in [-0.39, 0.29) is 18.2 Å². The molecule has 1 atom stereocenters. The first-order valence-corrected chi connectivity index (χ1v) is 8.78. The monoisotopic (exact) mass is 343 g/mol. The molecule has 3 rings (SSSR count). The predicted molar refractivity (Wildman–Crippen MR) is 96.2 cm³/mol. The van der Waals surface area contributed by atoms with E-state index in [2.05, 4.69) is 15.5 Å². The van der Waals surface area contributed by atoms with Gasteiger partial charge in [0.15, 0.2) is 0 Å². The highest BCUT2D eigenvalue weighted by molar-refractivity contribution is 5.89. The molecule has 1 aromatic carbocycles. The van der Waals surface area contributed by atoms with Gasteiger partial charge in [-0.15, -0.1) is 0 Å². The van der Waals surface area contributed by atoms with E-state index in [4.69, 9.17) is 4.74 Å². The van der Waals surface area contributed by atoms with Crippen molar-refractivity contribution < 1.29 is 14.3 Å². The fraction of sp³-hybridized carbons (Fsp3) is 0.474. The second kappa shape index (κ2) is 8.16. The highest BCUT2D eigenvalue weighted by Crippen LogP contribution is 2.20. The number of hydrogen-bond acceptors (Lipinski definition) is 4. The average molecular weight is 343 g/mol. The van der Waals surface area contributed by atoms with E-state index in [0.717, 1.165) is 30.7 Å². The summed E-state index contributed by atoms with van der Waals surface area (Å²) >= 11 is 0. The van der Waals surface area contributed by atoms with Crippen molar-refractivity contribution in [2.45, 2.75) is 31.3 Å². The minimum Gasteiger partial charge on any atom is -0.496 e. The Hall–Kier alpha value is -2.34. The number of methoxy groups -OCH3 is 1. The smallest absolute Gasteiger partial charge is 0.237 e. The van der Waals surface area contributed by atoms with E-state index in [1.807, 2.05) is 36.4 Å². The molecule has 1 aliphatic heterocycles. The number of benzene rings is 1. The lowest BCUT2D eigenvalue weighted by molar-refractivity contribution is -0.133. The lowest BCUT2D eigenvalue weighted by Crippen LogP contribution is -2.56. The Balaban J connectivity index is 1.60. The molecule has 6 heteroatoms. The second-order valence-electron chi connectivity index (χ2n) is 6.49. The standard InChI is InChI=1S/C19H25N3O3/c1-25-17-7-3-2-5-14(17)6-4-11-22-12-10-20-19(24)16(22)13-18(23)21-15-8-9-15/h2-7,15-16H,8-13H2,1H3,(H,20,24)(H,21,23)/b6-4+/t16-/m0/s1. The zero-order valence-electron chi connectivity index (χ0n) is 14.5. The van der Waals surface area contributed by atoms with Crippen LogP contribution in [0.2, 0.25) is 0 Å². The summed E-state index contributed by atoms with van der Waals surface area (Å²) in [5.74, 6) is 0.710. The van der Waals surface area contributed by atoms with Crippen molar-refractivity contribution in [1.82, 2.24) is 15.5 Å². The highest BCUT2D eigenvalue weighted by atomic mass is 16.5.